The Morgan fingerprint density at radius 3 is 2.27 bits per heavy atom. The van der Waals surface area contributed by atoms with Crippen molar-refractivity contribution in [3.8, 4) is 0 Å². The van der Waals surface area contributed by atoms with Gasteiger partial charge in [0.2, 0.25) is 5.95 Å². The van der Waals surface area contributed by atoms with E-state index in [2.05, 4.69) is 14.7 Å². The Balaban J connectivity index is 1.88. The topological polar surface area (TPSA) is 91.9 Å². The van der Waals surface area contributed by atoms with E-state index < -0.39 is 10.0 Å². The molecule has 3 aromatic rings. The number of nitrogens with one attached hydrogen (secondary N) is 2. The molecular weight excluding hydrogens is 350 g/mol. The molecule has 0 bridgehead atoms. The fraction of sp³-hybridized carbons (Fsp3) is 0.158. The van der Waals surface area contributed by atoms with E-state index in [-0.39, 0.29) is 16.4 Å². The summed E-state index contributed by atoms with van der Waals surface area (Å²) in [4.78, 5) is 19.3. The zero-order valence-electron chi connectivity index (χ0n) is 14.5. The minimum absolute atomic E-state index is 0.0935. The van der Waals surface area contributed by atoms with Crippen LogP contribution in [0.4, 0.5) is 5.95 Å². The smallest absolute Gasteiger partial charge is 0.264 e. The van der Waals surface area contributed by atoms with Crippen molar-refractivity contribution >= 4 is 16.0 Å². The van der Waals surface area contributed by atoms with Crippen LogP contribution in [0.2, 0.25) is 0 Å². The average Bonchev–Trinajstić information content (AvgIpc) is 2.60. The van der Waals surface area contributed by atoms with E-state index in [4.69, 9.17) is 0 Å². The summed E-state index contributed by atoms with van der Waals surface area (Å²) in [6, 6.07) is 15.8. The quantitative estimate of drug-likeness (QED) is 0.723. The molecule has 0 fully saturated rings. The van der Waals surface area contributed by atoms with E-state index in [1.807, 2.05) is 31.2 Å². The molecule has 1 heterocycles. The highest BCUT2D eigenvalue weighted by Crippen LogP contribution is 2.14. The molecule has 2 N–H and O–H groups in total. The SMILES string of the molecule is Cc1ccc(Cc2c(C)nc(NS(=O)(=O)c3ccccc3)[nH]c2=O)cc1. The summed E-state index contributed by atoms with van der Waals surface area (Å²) in [6.45, 7) is 3.69. The molecular formula is C19H19N3O3S. The number of anilines is 1. The van der Waals surface area contributed by atoms with Crippen LogP contribution in [-0.4, -0.2) is 18.4 Å². The largest absolute Gasteiger partial charge is 0.292 e. The van der Waals surface area contributed by atoms with Crippen molar-refractivity contribution in [3.05, 3.63) is 87.3 Å². The van der Waals surface area contributed by atoms with Gasteiger partial charge in [-0.15, -0.1) is 0 Å². The zero-order chi connectivity index (χ0) is 18.7. The number of aromatic nitrogens is 2. The van der Waals surface area contributed by atoms with Crippen molar-refractivity contribution in [2.45, 2.75) is 25.2 Å². The van der Waals surface area contributed by atoms with Crippen molar-refractivity contribution < 1.29 is 8.42 Å². The molecule has 0 aliphatic rings. The predicted molar refractivity (Wildman–Crippen MR) is 101 cm³/mol. The Morgan fingerprint density at radius 1 is 1.00 bits per heavy atom. The van der Waals surface area contributed by atoms with Gasteiger partial charge in [0.25, 0.3) is 15.6 Å². The molecule has 0 atom stereocenters. The summed E-state index contributed by atoms with van der Waals surface area (Å²) < 4.78 is 27.0. The van der Waals surface area contributed by atoms with Gasteiger partial charge in [0, 0.05) is 12.0 Å². The van der Waals surface area contributed by atoms with Gasteiger partial charge >= 0.3 is 0 Å². The molecule has 6 nitrogen and oxygen atoms in total. The minimum Gasteiger partial charge on any atom is -0.292 e. The molecule has 0 radical (unpaired) electrons. The van der Waals surface area contributed by atoms with Crippen LogP contribution in [0.1, 0.15) is 22.4 Å². The van der Waals surface area contributed by atoms with Crippen LogP contribution < -0.4 is 10.3 Å². The second-order valence-corrected chi connectivity index (χ2v) is 7.74. The Labute approximate surface area is 152 Å². The van der Waals surface area contributed by atoms with Gasteiger partial charge in [-0.05, 0) is 31.5 Å². The summed E-state index contributed by atoms with van der Waals surface area (Å²) in [6.07, 6.45) is 0.431. The molecule has 3 rings (SSSR count). The molecule has 0 saturated carbocycles. The lowest BCUT2D eigenvalue weighted by atomic mass is 10.0. The van der Waals surface area contributed by atoms with Gasteiger partial charge in [-0.25, -0.2) is 18.1 Å². The van der Waals surface area contributed by atoms with E-state index in [0.717, 1.165) is 11.1 Å². The lowest BCUT2D eigenvalue weighted by Gasteiger charge is -2.10. The van der Waals surface area contributed by atoms with Gasteiger partial charge in [0.15, 0.2) is 0 Å². The van der Waals surface area contributed by atoms with Crippen LogP contribution in [0.25, 0.3) is 0 Å². The third-order valence-electron chi connectivity index (χ3n) is 4.01. The Kier molecular flexibility index (Phi) is 4.90. The number of aryl methyl sites for hydroxylation is 2. The second kappa shape index (κ2) is 7.13. The maximum absolute atomic E-state index is 12.4. The molecule has 26 heavy (non-hydrogen) atoms. The van der Waals surface area contributed by atoms with Gasteiger partial charge in [0.05, 0.1) is 10.6 Å². The Hall–Kier alpha value is -2.93. The van der Waals surface area contributed by atoms with Crippen molar-refractivity contribution in [1.82, 2.24) is 9.97 Å². The number of nitrogens with zero attached hydrogens (tertiary/aromatic N) is 1. The van der Waals surface area contributed by atoms with Gasteiger partial charge in [-0.2, -0.15) is 0 Å². The Morgan fingerprint density at radius 2 is 1.65 bits per heavy atom. The highest BCUT2D eigenvalue weighted by Gasteiger charge is 2.16. The number of H-pyrrole nitrogens is 1. The number of aromatic amines is 1. The zero-order valence-corrected chi connectivity index (χ0v) is 15.3. The molecule has 0 aliphatic carbocycles. The van der Waals surface area contributed by atoms with Crippen LogP contribution in [0.15, 0.2) is 64.3 Å². The van der Waals surface area contributed by atoms with Crippen LogP contribution in [0.3, 0.4) is 0 Å². The number of hydrogen-bond acceptors (Lipinski definition) is 4. The van der Waals surface area contributed by atoms with Crippen LogP contribution in [-0.2, 0) is 16.4 Å². The summed E-state index contributed by atoms with van der Waals surface area (Å²) in [5, 5.41) is 0. The van der Waals surface area contributed by atoms with Crippen molar-refractivity contribution in [2.75, 3.05) is 4.72 Å². The predicted octanol–water partition coefficient (Wildman–Crippen LogP) is 2.78. The fourth-order valence-corrected chi connectivity index (χ4v) is 3.55. The summed E-state index contributed by atoms with van der Waals surface area (Å²) in [5.41, 5.74) is 2.77. The van der Waals surface area contributed by atoms with Crippen molar-refractivity contribution in [2.24, 2.45) is 0 Å². The average molecular weight is 369 g/mol. The summed E-state index contributed by atoms with van der Waals surface area (Å²) in [5.74, 6) is -0.0935. The minimum atomic E-state index is -3.81. The van der Waals surface area contributed by atoms with Crippen molar-refractivity contribution in [1.29, 1.82) is 0 Å². The van der Waals surface area contributed by atoms with E-state index in [0.29, 0.717) is 17.7 Å². The molecule has 0 spiro atoms. The van der Waals surface area contributed by atoms with Gasteiger partial charge < -0.3 is 0 Å². The highest BCUT2D eigenvalue weighted by atomic mass is 32.2. The normalized spacial score (nSPS) is 11.3. The maximum Gasteiger partial charge on any atom is 0.264 e. The van der Waals surface area contributed by atoms with Gasteiger partial charge in [0.1, 0.15) is 0 Å². The van der Waals surface area contributed by atoms with Crippen LogP contribution >= 0.6 is 0 Å². The van der Waals surface area contributed by atoms with Gasteiger partial charge in [-0.1, -0.05) is 48.0 Å². The molecule has 134 valence electrons. The van der Waals surface area contributed by atoms with Crippen LogP contribution in [0, 0.1) is 13.8 Å². The van der Waals surface area contributed by atoms with E-state index in [1.165, 1.54) is 12.1 Å². The number of sulfonamides is 1. The third kappa shape index (κ3) is 4.00. The summed E-state index contributed by atoms with van der Waals surface area (Å²) >= 11 is 0. The maximum atomic E-state index is 12.4. The summed E-state index contributed by atoms with van der Waals surface area (Å²) in [7, 11) is -3.81. The van der Waals surface area contributed by atoms with E-state index in [1.54, 1.807) is 25.1 Å². The molecule has 2 aromatic carbocycles. The van der Waals surface area contributed by atoms with Crippen LogP contribution in [0.5, 0.6) is 0 Å². The molecule has 0 saturated heterocycles. The lowest BCUT2D eigenvalue weighted by Crippen LogP contribution is -2.22. The molecule has 7 heteroatoms. The fourth-order valence-electron chi connectivity index (χ4n) is 2.56. The second-order valence-electron chi connectivity index (χ2n) is 6.06. The molecule has 0 amide bonds. The molecule has 1 aromatic heterocycles. The lowest BCUT2D eigenvalue weighted by molar-refractivity contribution is 0.600. The first-order valence-corrected chi connectivity index (χ1v) is 9.57. The molecule has 0 aliphatic heterocycles. The van der Waals surface area contributed by atoms with E-state index in [9.17, 15) is 13.2 Å². The first-order valence-electron chi connectivity index (χ1n) is 8.08. The van der Waals surface area contributed by atoms with Crippen molar-refractivity contribution in [3.63, 3.8) is 0 Å². The third-order valence-corrected chi connectivity index (χ3v) is 5.36. The van der Waals surface area contributed by atoms with E-state index >= 15 is 0 Å². The first kappa shape index (κ1) is 17.9. The monoisotopic (exact) mass is 369 g/mol. The number of rotatable bonds is 5. The Bertz CT molecular complexity index is 1070. The molecule has 0 unspecified atom stereocenters. The highest BCUT2D eigenvalue weighted by molar-refractivity contribution is 7.92. The number of benzene rings is 2. The van der Waals surface area contributed by atoms with Gasteiger partial charge in [-0.3, -0.25) is 9.78 Å². The standard InChI is InChI=1S/C19H19N3O3S/c1-13-8-10-15(11-9-13)12-17-14(2)20-19(21-18(17)23)22-26(24,25)16-6-4-3-5-7-16/h3-11H,12H2,1-2H3,(H2,20,21,22,23). The number of hydrogen-bond donors (Lipinski definition) is 2. The first-order chi connectivity index (χ1) is 12.3.